The Hall–Kier alpha value is -3.29. The second-order valence-electron chi connectivity index (χ2n) is 7.66. The molecular formula is C24H20N2O4S. The van der Waals surface area contributed by atoms with Gasteiger partial charge < -0.3 is 0 Å². The maximum atomic E-state index is 13.5. The van der Waals surface area contributed by atoms with E-state index in [1.165, 1.54) is 9.21 Å². The van der Waals surface area contributed by atoms with E-state index >= 15 is 0 Å². The van der Waals surface area contributed by atoms with Gasteiger partial charge in [-0.3, -0.25) is 14.5 Å². The second-order valence-corrected chi connectivity index (χ2v) is 9.55. The van der Waals surface area contributed by atoms with Crippen molar-refractivity contribution < 1.29 is 18.0 Å². The fourth-order valence-corrected chi connectivity index (χ4v) is 6.03. The third kappa shape index (κ3) is 3.17. The Morgan fingerprint density at radius 1 is 0.774 bits per heavy atom. The zero-order chi connectivity index (χ0) is 21.6. The van der Waals surface area contributed by atoms with Crippen molar-refractivity contribution in [2.45, 2.75) is 17.4 Å². The number of nitrogens with zero attached hydrogens (tertiary/aromatic N) is 2. The largest absolute Gasteiger partial charge is 0.272 e. The van der Waals surface area contributed by atoms with Crippen molar-refractivity contribution in [1.82, 2.24) is 9.21 Å². The number of sulfonamides is 1. The molecule has 0 saturated heterocycles. The number of carbonyl (C=O) groups excluding carboxylic acids is 2. The van der Waals surface area contributed by atoms with Crippen molar-refractivity contribution in [1.29, 1.82) is 0 Å². The van der Waals surface area contributed by atoms with Crippen molar-refractivity contribution in [3.8, 4) is 0 Å². The fourth-order valence-electron chi connectivity index (χ4n) is 4.41. The molecule has 0 bridgehead atoms. The highest BCUT2D eigenvalue weighted by molar-refractivity contribution is 7.89. The van der Waals surface area contributed by atoms with E-state index in [1.54, 1.807) is 54.6 Å². The molecule has 31 heavy (non-hydrogen) atoms. The highest BCUT2D eigenvalue weighted by atomic mass is 32.2. The molecule has 7 heteroatoms. The molecule has 0 aliphatic carbocycles. The summed E-state index contributed by atoms with van der Waals surface area (Å²) >= 11 is 0. The lowest BCUT2D eigenvalue weighted by Gasteiger charge is -2.37. The SMILES string of the molecule is O=C1c2ccccc2C(=O)N1C[C@@H]1c2ccccc2CCN1S(=O)(=O)c1ccccc1. The van der Waals surface area contributed by atoms with Crippen LogP contribution in [0.1, 0.15) is 37.9 Å². The van der Waals surface area contributed by atoms with Crippen LogP contribution in [-0.2, 0) is 16.4 Å². The normalized spacial score (nSPS) is 18.7. The van der Waals surface area contributed by atoms with Gasteiger partial charge in [0, 0.05) is 6.54 Å². The lowest BCUT2D eigenvalue weighted by atomic mass is 9.94. The number of benzene rings is 3. The van der Waals surface area contributed by atoms with Crippen molar-refractivity contribution in [3.63, 3.8) is 0 Å². The summed E-state index contributed by atoms with van der Waals surface area (Å²) in [6, 6.07) is 21.9. The molecule has 0 unspecified atom stereocenters. The summed E-state index contributed by atoms with van der Waals surface area (Å²) in [6.07, 6.45) is 0.570. The molecule has 0 aromatic heterocycles. The Kier molecular flexibility index (Phi) is 4.72. The zero-order valence-electron chi connectivity index (χ0n) is 16.6. The summed E-state index contributed by atoms with van der Waals surface area (Å²) in [5, 5.41) is 0. The van der Waals surface area contributed by atoms with Gasteiger partial charge in [-0.1, -0.05) is 54.6 Å². The Balaban J connectivity index is 1.57. The standard InChI is InChI=1S/C24H20N2O4S/c27-23-20-12-6-7-13-21(20)24(28)25(23)16-22-19-11-5-4-8-17(19)14-15-26(22)31(29,30)18-9-2-1-3-10-18/h1-13,22H,14-16H2/t22-/m1/s1. The van der Waals surface area contributed by atoms with Gasteiger partial charge in [0.15, 0.2) is 0 Å². The van der Waals surface area contributed by atoms with Crippen molar-refractivity contribution in [3.05, 3.63) is 101 Å². The molecule has 0 radical (unpaired) electrons. The van der Waals surface area contributed by atoms with Crippen LogP contribution in [0.3, 0.4) is 0 Å². The number of hydrogen-bond acceptors (Lipinski definition) is 4. The number of imide groups is 1. The first-order valence-electron chi connectivity index (χ1n) is 10.1. The summed E-state index contributed by atoms with van der Waals surface area (Å²) in [4.78, 5) is 27.3. The topological polar surface area (TPSA) is 74.8 Å². The molecule has 2 heterocycles. The summed E-state index contributed by atoms with van der Waals surface area (Å²) < 4.78 is 28.4. The molecule has 2 aliphatic heterocycles. The maximum absolute atomic E-state index is 13.5. The summed E-state index contributed by atoms with van der Waals surface area (Å²) in [7, 11) is -3.81. The molecular weight excluding hydrogens is 412 g/mol. The minimum atomic E-state index is -3.81. The maximum Gasteiger partial charge on any atom is 0.261 e. The van der Waals surface area contributed by atoms with E-state index in [0.29, 0.717) is 17.5 Å². The van der Waals surface area contributed by atoms with Gasteiger partial charge >= 0.3 is 0 Å². The third-order valence-corrected chi connectivity index (χ3v) is 7.87. The Bertz CT molecular complexity index is 1250. The van der Waals surface area contributed by atoms with Crippen molar-refractivity contribution >= 4 is 21.8 Å². The number of fused-ring (bicyclic) bond motifs is 2. The quantitative estimate of drug-likeness (QED) is 0.593. The first-order valence-corrected chi connectivity index (χ1v) is 11.5. The van der Waals surface area contributed by atoms with Gasteiger partial charge in [-0.2, -0.15) is 4.31 Å². The second kappa shape index (κ2) is 7.44. The van der Waals surface area contributed by atoms with E-state index in [9.17, 15) is 18.0 Å². The number of hydrogen-bond donors (Lipinski definition) is 0. The van der Waals surface area contributed by atoms with Gasteiger partial charge in [-0.25, -0.2) is 8.42 Å². The average Bonchev–Trinajstić information content (AvgIpc) is 3.05. The smallest absolute Gasteiger partial charge is 0.261 e. The van der Waals surface area contributed by atoms with Gasteiger partial charge in [0.2, 0.25) is 10.0 Å². The Morgan fingerprint density at radius 3 is 2.03 bits per heavy atom. The molecule has 3 aromatic rings. The predicted molar refractivity (Wildman–Crippen MR) is 115 cm³/mol. The molecule has 0 N–H and O–H groups in total. The fraction of sp³-hybridized carbons (Fsp3) is 0.167. The molecule has 2 aliphatic rings. The van der Waals surface area contributed by atoms with E-state index in [4.69, 9.17) is 0 Å². The van der Waals surface area contributed by atoms with Gasteiger partial charge in [-0.15, -0.1) is 0 Å². The Morgan fingerprint density at radius 2 is 1.35 bits per heavy atom. The molecule has 3 aromatic carbocycles. The molecule has 156 valence electrons. The third-order valence-electron chi connectivity index (χ3n) is 5.95. The number of amides is 2. The molecule has 6 nitrogen and oxygen atoms in total. The van der Waals surface area contributed by atoms with Crippen LogP contribution in [0.2, 0.25) is 0 Å². The van der Waals surface area contributed by atoms with Crippen molar-refractivity contribution in [2.24, 2.45) is 0 Å². The molecule has 0 saturated carbocycles. The summed E-state index contributed by atoms with van der Waals surface area (Å²) in [5.74, 6) is -0.776. The van der Waals surface area contributed by atoms with Gasteiger partial charge in [0.05, 0.1) is 28.6 Å². The van der Waals surface area contributed by atoms with Crippen LogP contribution < -0.4 is 0 Å². The summed E-state index contributed by atoms with van der Waals surface area (Å²) in [5.41, 5.74) is 2.57. The first-order chi connectivity index (χ1) is 15.0. The average molecular weight is 433 g/mol. The van der Waals surface area contributed by atoms with Crippen LogP contribution in [0.25, 0.3) is 0 Å². The predicted octanol–water partition coefficient (Wildman–Crippen LogP) is 3.27. The van der Waals surface area contributed by atoms with Crippen LogP contribution in [0.5, 0.6) is 0 Å². The monoisotopic (exact) mass is 432 g/mol. The minimum absolute atomic E-state index is 0.0323. The molecule has 2 amide bonds. The van der Waals surface area contributed by atoms with E-state index in [0.717, 1.165) is 11.1 Å². The lowest BCUT2D eigenvalue weighted by Crippen LogP contribution is -2.46. The Labute approximate surface area is 180 Å². The molecule has 0 fully saturated rings. The minimum Gasteiger partial charge on any atom is -0.272 e. The lowest BCUT2D eigenvalue weighted by molar-refractivity contribution is 0.0616. The van der Waals surface area contributed by atoms with Crippen LogP contribution in [0, 0.1) is 0 Å². The van der Waals surface area contributed by atoms with E-state index in [-0.39, 0.29) is 29.8 Å². The van der Waals surface area contributed by atoms with Crippen molar-refractivity contribution in [2.75, 3.05) is 13.1 Å². The molecule has 5 rings (SSSR count). The highest BCUT2D eigenvalue weighted by Crippen LogP contribution is 2.36. The highest BCUT2D eigenvalue weighted by Gasteiger charge is 2.42. The molecule has 1 atom stereocenters. The van der Waals surface area contributed by atoms with Gasteiger partial charge in [0.25, 0.3) is 11.8 Å². The van der Waals surface area contributed by atoms with E-state index in [1.807, 2.05) is 24.3 Å². The first kappa shape index (κ1) is 19.7. The van der Waals surface area contributed by atoms with Gasteiger partial charge in [0.1, 0.15) is 0 Å². The number of carbonyl (C=O) groups is 2. The summed E-state index contributed by atoms with van der Waals surface area (Å²) in [6.45, 7) is 0.248. The zero-order valence-corrected chi connectivity index (χ0v) is 17.5. The molecule has 0 spiro atoms. The van der Waals surface area contributed by atoms with Crippen LogP contribution in [0.4, 0.5) is 0 Å². The van der Waals surface area contributed by atoms with E-state index < -0.39 is 16.1 Å². The van der Waals surface area contributed by atoms with Gasteiger partial charge in [-0.05, 0) is 41.8 Å². The van der Waals surface area contributed by atoms with E-state index in [2.05, 4.69) is 0 Å². The van der Waals surface area contributed by atoms with Crippen LogP contribution >= 0.6 is 0 Å². The van der Waals surface area contributed by atoms with Crippen LogP contribution in [0.15, 0.2) is 83.8 Å². The van der Waals surface area contributed by atoms with Crippen LogP contribution in [-0.4, -0.2) is 42.5 Å². The number of rotatable bonds is 4.